The first-order valence-corrected chi connectivity index (χ1v) is 15.8. The van der Waals surface area contributed by atoms with E-state index in [1.807, 2.05) is 5.38 Å². The van der Waals surface area contributed by atoms with Crippen molar-refractivity contribution in [3.05, 3.63) is 75.2 Å². The molecular weight excluding hydrogens is 598 g/mol. The summed E-state index contributed by atoms with van der Waals surface area (Å²) in [4.78, 5) is 24.6. The second-order valence-electron chi connectivity index (χ2n) is 10.0. The monoisotopic (exact) mass is 625 g/mol. The molecule has 2 aromatic carbocycles. The smallest absolute Gasteiger partial charge is 0.321 e. The minimum atomic E-state index is -3.48. The predicted molar refractivity (Wildman–Crippen MR) is 151 cm³/mol. The number of aromatic nitrogens is 1. The quantitative estimate of drug-likeness (QED) is 0.272. The Morgan fingerprint density at radius 1 is 1.07 bits per heavy atom. The minimum Gasteiger partial charge on any atom is -0.387 e. The lowest BCUT2D eigenvalue weighted by atomic mass is 9.97. The highest BCUT2D eigenvalue weighted by Gasteiger charge is 2.30. The number of carbonyl (C=O) groups is 1. The van der Waals surface area contributed by atoms with Crippen molar-refractivity contribution in [3.63, 3.8) is 0 Å². The maximum atomic E-state index is 13.4. The van der Waals surface area contributed by atoms with Crippen LogP contribution in [0.25, 0.3) is 0 Å². The number of rotatable bonds is 8. The van der Waals surface area contributed by atoms with Gasteiger partial charge in [0.1, 0.15) is 5.71 Å². The van der Waals surface area contributed by atoms with Gasteiger partial charge in [0.2, 0.25) is 10.0 Å². The third-order valence-electron chi connectivity index (χ3n) is 7.03. The van der Waals surface area contributed by atoms with Crippen LogP contribution in [0.1, 0.15) is 71.5 Å². The number of sulfonamides is 1. The van der Waals surface area contributed by atoms with E-state index < -0.39 is 46.1 Å². The number of para-hydroxylation sites is 1. The fourth-order valence-electron chi connectivity index (χ4n) is 4.91. The molecule has 42 heavy (non-hydrogen) atoms. The highest BCUT2D eigenvalue weighted by atomic mass is 32.2. The number of hydrogen-bond acceptors (Lipinski definition) is 7. The molecule has 5 rings (SSSR count). The van der Waals surface area contributed by atoms with Crippen molar-refractivity contribution in [3.8, 4) is 0 Å². The third kappa shape index (κ3) is 6.84. The largest absolute Gasteiger partial charge is 0.387 e. The van der Waals surface area contributed by atoms with Crippen LogP contribution in [0.15, 0.2) is 53.0 Å². The van der Waals surface area contributed by atoms with Crippen LogP contribution in [0.4, 0.5) is 33.7 Å². The summed E-state index contributed by atoms with van der Waals surface area (Å²) < 4.78 is 79.0. The second-order valence-corrected chi connectivity index (χ2v) is 12.6. The fraction of sp³-hybridized carbons (Fsp3) is 0.370. The molecule has 0 aliphatic carbocycles. The topological polar surface area (TPSA) is 113 Å². The summed E-state index contributed by atoms with van der Waals surface area (Å²) in [7, 11) is -3.48. The number of oxime groups is 1. The second kappa shape index (κ2) is 12.3. The van der Waals surface area contributed by atoms with Crippen LogP contribution in [0.2, 0.25) is 0 Å². The molecule has 1 atom stereocenters. The van der Waals surface area contributed by atoms with Crippen LogP contribution in [0.5, 0.6) is 0 Å². The molecule has 2 aliphatic rings. The number of benzene rings is 2. The van der Waals surface area contributed by atoms with Crippen molar-refractivity contribution in [2.45, 2.75) is 44.1 Å². The molecule has 0 saturated carbocycles. The molecule has 9 nitrogen and oxygen atoms in total. The van der Waals surface area contributed by atoms with Gasteiger partial charge in [-0.25, -0.2) is 35.8 Å². The van der Waals surface area contributed by atoms with Gasteiger partial charge in [0.05, 0.1) is 28.3 Å². The summed E-state index contributed by atoms with van der Waals surface area (Å²) in [6.45, 7) is 0.667. The van der Waals surface area contributed by atoms with Crippen molar-refractivity contribution >= 4 is 44.5 Å². The number of likely N-dealkylation sites (tertiary alicyclic amines) is 1. The van der Waals surface area contributed by atoms with Crippen molar-refractivity contribution in [1.82, 2.24) is 9.88 Å². The lowest BCUT2D eigenvalue weighted by Gasteiger charge is -2.31. The average molecular weight is 626 g/mol. The number of halogens is 4. The normalized spacial score (nSPS) is 17.8. The van der Waals surface area contributed by atoms with E-state index in [-0.39, 0.29) is 11.6 Å². The van der Waals surface area contributed by atoms with Crippen molar-refractivity contribution in [2.75, 3.05) is 29.4 Å². The number of anilines is 2. The van der Waals surface area contributed by atoms with E-state index in [1.54, 1.807) is 24.3 Å². The highest BCUT2D eigenvalue weighted by molar-refractivity contribution is 7.92. The van der Waals surface area contributed by atoms with Crippen molar-refractivity contribution < 1.29 is 35.6 Å². The maximum absolute atomic E-state index is 13.4. The Bertz CT molecular complexity index is 1590. The van der Waals surface area contributed by atoms with E-state index in [4.69, 9.17) is 9.82 Å². The van der Waals surface area contributed by atoms with Gasteiger partial charge in [-0.05, 0) is 25.0 Å². The number of thiazole rings is 1. The zero-order valence-electron chi connectivity index (χ0n) is 22.3. The van der Waals surface area contributed by atoms with Gasteiger partial charge >= 0.3 is 6.03 Å². The van der Waals surface area contributed by atoms with E-state index >= 15 is 0 Å². The molecule has 15 heteroatoms. The Kier molecular flexibility index (Phi) is 8.68. The van der Waals surface area contributed by atoms with Crippen LogP contribution in [-0.4, -0.2) is 49.4 Å². The Morgan fingerprint density at radius 2 is 1.81 bits per heavy atom. The standard InChI is InChI=1S/C27H27F4N5O4S2/c1-42(38,39)35-19-5-3-2-4-17(19)23-13-21(34-40-23)22-14-41-26(32-22)15-8-10-36(11-9-15)27(37)33-20-12-16(24(28)29)6-7-18(20)25(30)31/h2-7,12,14-15,23-25,35H,8-11,13H2,1H3,(H,33,37). The number of piperidine rings is 1. The summed E-state index contributed by atoms with van der Waals surface area (Å²) in [5, 5.41) is 9.31. The molecule has 224 valence electrons. The first-order valence-electron chi connectivity index (χ1n) is 13.0. The summed E-state index contributed by atoms with van der Waals surface area (Å²) >= 11 is 1.46. The molecule has 1 aromatic heterocycles. The number of hydrogen-bond donors (Lipinski definition) is 2. The van der Waals surface area contributed by atoms with Crippen LogP contribution >= 0.6 is 11.3 Å². The summed E-state index contributed by atoms with van der Waals surface area (Å²) in [5.74, 6) is 0.0602. The number of carbonyl (C=O) groups excluding carboxylic acids is 1. The molecule has 1 fully saturated rings. The van der Waals surface area contributed by atoms with Crippen LogP contribution < -0.4 is 10.0 Å². The van der Waals surface area contributed by atoms with Gasteiger partial charge in [-0.15, -0.1) is 11.3 Å². The Morgan fingerprint density at radius 3 is 2.50 bits per heavy atom. The molecule has 2 aliphatic heterocycles. The molecular formula is C27H27F4N5O4S2. The molecule has 0 spiro atoms. The summed E-state index contributed by atoms with van der Waals surface area (Å²) in [5.41, 5.74) is 1.07. The van der Waals surface area contributed by atoms with Gasteiger partial charge in [0.25, 0.3) is 12.9 Å². The number of nitrogens with one attached hydrogen (secondary N) is 2. The SMILES string of the molecule is CS(=O)(=O)Nc1ccccc1C1CC(c2csc(C3CCN(C(=O)Nc4cc(C(F)F)ccc4C(F)F)CC3)n2)=NO1. The summed E-state index contributed by atoms with van der Waals surface area (Å²) in [6.07, 6.45) is -3.63. The lowest BCUT2D eigenvalue weighted by molar-refractivity contribution is 0.0862. The Hall–Kier alpha value is -3.72. The van der Waals surface area contributed by atoms with E-state index in [1.165, 1.54) is 16.2 Å². The zero-order valence-corrected chi connectivity index (χ0v) is 23.9. The average Bonchev–Trinajstić information content (AvgIpc) is 3.63. The van der Waals surface area contributed by atoms with Gasteiger partial charge in [0, 0.05) is 47.5 Å². The van der Waals surface area contributed by atoms with Crippen molar-refractivity contribution in [2.24, 2.45) is 5.16 Å². The Balaban J connectivity index is 1.19. The van der Waals surface area contributed by atoms with Gasteiger partial charge in [-0.3, -0.25) is 4.72 Å². The molecule has 2 amide bonds. The van der Waals surface area contributed by atoms with Crippen LogP contribution in [0, 0.1) is 0 Å². The lowest BCUT2D eigenvalue weighted by Crippen LogP contribution is -2.40. The van der Waals surface area contributed by atoms with Crippen LogP contribution in [-0.2, 0) is 14.9 Å². The first kappa shape index (κ1) is 29.8. The third-order valence-corrected chi connectivity index (χ3v) is 8.62. The highest BCUT2D eigenvalue weighted by Crippen LogP contribution is 2.37. The maximum Gasteiger partial charge on any atom is 0.321 e. The number of urea groups is 1. The van der Waals surface area contributed by atoms with E-state index in [0.717, 1.165) is 29.5 Å². The molecule has 1 unspecified atom stereocenters. The number of amides is 2. The van der Waals surface area contributed by atoms with Gasteiger partial charge < -0.3 is 15.1 Å². The van der Waals surface area contributed by atoms with E-state index in [9.17, 15) is 30.8 Å². The summed E-state index contributed by atoms with van der Waals surface area (Å²) in [6, 6.07) is 9.03. The van der Waals surface area contributed by atoms with Crippen LogP contribution in [0.3, 0.4) is 0 Å². The number of nitrogens with zero attached hydrogens (tertiary/aromatic N) is 3. The molecule has 1 saturated heterocycles. The van der Waals surface area contributed by atoms with Crippen molar-refractivity contribution in [1.29, 1.82) is 0 Å². The van der Waals surface area contributed by atoms with Gasteiger partial charge in [-0.1, -0.05) is 35.5 Å². The molecule has 0 bridgehead atoms. The van der Waals surface area contributed by atoms with Gasteiger partial charge in [0.15, 0.2) is 6.10 Å². The predicted octanol–water partition coefficient (Wildman–Crippen LogP) is 6.67. The van der Waals surface area contributed by atoms with Gasteiger partial charge in [-0.2, -0.15) is 0 Å². The molecule has 0 radical (unpaired) electrons. The van der Waals surface area contributed by atoms with E-state index in [2.05, 4.69) is 15.2 Å². The molecule has 2 N–H and O–H groups in total. The fourth-order valence-corrected chi connectivity index (χ4v) is 6.49. The Labute approximate surface area is 243 Å². The van der Waals surface area contributed by atoms with E-state index in [0.29, 0.717) is 55.0 Å². The zero-order chi connectivity index (χ0) is 30.0. The molecule has 3 heterocycles. The number of alkyl halides is 4. The minimum absolute atomic E-state index is 0.0602. The molecule has 3 aromatic rings. The first-order chi connectivity index (χ1) is 20.0.